The summed E-state index contributed by atoms with van der Waals surface area (Å²) in [5.41, 5.74) is 3.31. The van der Waals surface area contributed by atoms with Crippen LogP contribution in [0.15, 0.2) is 24.9 Å². The Labute approximate surface area is 220 Å². The number of halogens is 2. The van der Waals surface area contributed by atoms with Crippen LogP contribution in [0.5, 0.6) is 11.5 Å². The Balaban J connectivity index is 1.74. The Hall–Kier alpha value is -3.73. The number of benzene rings is 1. The maximum atomic E-state index is 15.3. The number of anilines is 1. The maximum Gasteiger partial charge on any atom is 0.247 e. The number of methoxy groups -OCH3 is 2. The molecule has 0 saturated heterocycles. The van der Waals surface area contributed by atoms with Gasteiger partial charge in [0.25, 0.3) is 0 Å². The number of aromatic nitrogens is 4. The first-order valence-electron chi connectivity index (χ1n) is 12.5. The molecule has 3 aromatic rings. The minimum Gasteiger partial charge on any atom is -0.494 e. The zero-order valence-corrected chi connectivity index (χ0v) is 22.4. The van der Waals surface area contributed by atoms with Crippen molar-refractivity contribution in [3.63, 3.8) is 0 Å². The summed E-state index contributed by atoms with van der Waals surface area (Å²) in [4.78, 5) is 14.2. The number of carbonyl (C=O) groups is 1. The number of nitrogens with one attached hydrogen (secondary N) is 2. The molecule has 2 atom stereocenters. The Bertz CT molecular complexity index is 1300. The van der Waals surface area contributed by atoms with E-state index in [0.717, 1.165) is 17.8 Å². The molecule has 0 spiro atoms. The van der Waals surface area contributed by atoms with E-state index >= 15 is 8.78 Å². The van der Waals surface area contributed by atoms with Gasteiger partial charge in [-0.1, -0.05) is 6.58 Å². The second-order valence-corrected chi connectivity index (χ2v) is 9.82. The quantitative estimate of drug-likeness (QED) is 0.314. The molecule has 0 bridgehead atoms. The summed E-state index contributed by atoms with van der Waals surface area (Å²) < 4.78 is 42.6. The molecule has 204 valence electrons. The molecule has 1 aromatic carbocycles. The third-order valence-corrected chi connectivity index (χ3v) is 6.88. The second-order valence-electron chi connectivity index (χ2n) is 9.82. The van der Waals surface area contributed by atoms with E-state index in [0.29, 0.717) is 42.8 Å². The molecule has 1 amide bonds. The fourth-order valence-corrected chi connectivity index (χ4v) is 5.10. The number of likely N-dealkylation sites (N-methyl/N-ethyl adjacent to an activating group) is 1. The fraction of sp³-hybridized carbons (Fsp3) is 0.444. The van der Waals surface area contributed by atoms with Crippen molar-refractivity contribution < 1.29 is 23.0 Å². The SMILES string of the molecule is C=CC(=O)Nc1cn(C(C)CN(C)C)nc1-c1n[nH]c2c1CCC[C@@H](c1c(F)c(OC)cc(OC)c1F)C2. The van der Waals surface area contributed by atoms with E-state index in [1.807, 2.05) is 25.7 Å². The minimum absolute atomic E-state index is 0.0362. The van der Waals surface area contributed by atoms with Crippen molar-refractivity contribution >= 4 is 11.6 Å². The lowest BCUT2D eigenvalue weighted by Gasteiger charge is -2.19. The molecule has 2 aromatic heterocycles. The summed E-state index contributed by atoms with van der Waals surface area (Å²) in [5.74, 6) is -2.37. The van der Waals surface area contributed by atoms with Crippen LogP contribution in [0.3, 0.4) is 0 Å². The number of rotatable bonds is 9. The molecule has 2 N–H and O–H groups in total. The Kier molecular flexibility index (Phi) is 8.15. The number of H-pyrrole nitrogens is 1. The van der Waals surface area contributed by atoms with Crippen LogP contribution in [0.4, 0.5) is 14.5 Å². The average molecular weight is 529 g/mol. The highest BCUT2D eigenvalue weighted by Crippen LogP contribution is 2.42. The van der Waals surface area contributed by atoms with Crippen molar-refractivity contribution in [3.8, 4) is 22.9 Å². The summed E-state index contributed by atoms with van der Waals surface area (Å²) >= 11 is 0. The molecule has 1 unspecified atom stereocenters. The number of aromatic amines is 1. The number of nitrogens with zero attached hydrogens (tertiary/aromatic N) is 4. The fourth-order valence-electron chi connectivity index (χ4n) is 5.10. The Morgan fingerprint density at radius 1 is 1.29 bits per heavy atom. The van der Waals surface area contributed by atoms with Crippen LogP contribution in [0, 0.1) is 11.6 Å². The van der Waals surface area contributed by atoms with E-state index in [2.05, 4.69) is 27.0 Å². The van der Waals surface area contributed by atoms with Crippen LogP contribution in [0.2, 0.25) is 0 Å². The third kappa shape index (κ3) is 5.28. The molecule has 9 nitrogen and oxygen atoms in total. The lowest BCUT2D eigenvalue weighted by molar-refractivity contribution is -0.111. The second kappa shape index (κ2) is 11.3. The van der Waals surface area contributed by atoms with Crippen molar-refractivity contribution in [2.24, 2.45) is 0 Å². The van der Waals surface area contributed by atoms with Crippen LogP contribution in [0.25, 0.3) is 11.4 Å². The average Bonchev–Trinajstić information content (AvgIpc) is 3.41. The highest BCUT2D eigenvalue weighted by molar-refractivity contribution is 6.01. The minimum atomic E-state index is -0.720. The summed E-state index contributed by atoms with van der Waals surface area (Å²) in [6.45, 7) is 6.33. The first-order chi connectivity index (χ1) is 18.2. The molecule has 1 aliphatic rings. The van der Waals surface area contributed by atoms with Crippen molar-refractivity contribution in [2.75, 3.05) is 40.2 Å². The van der Waals surface area contributed by atoms with E-state index in [-0.39, 0.29) is 29.0 Å². The van der Waals surface area contributed by atoms with Crippen LogP contribution >= 0.6 is 0 Å². The van der Waals surface area contributed by atoms with Gasteiger partial charge in [-0.15, -0.1) is 0 Å². The molecule has 11 heteroatoms. The van der Waals surface area contributed by atoms with Gasteiger partial charge in [0.15, 0.2) is 23.1 Å². The number of hydrogen-bond acceptors (Lipinski definition) is 6. The van der Waals surface area contributed by atoms with Crippen molar-refractivity contribution in [2.45, 2.75) is 44.6 Å². The summed E-state index contributed by atoms with van der Waals surface area (Å²) in [6, 6.07) is 1.26. The Morgan fingerprint density at radius 3 is 2.58 bits per heavy atom. The standard InChI is InChI=1S/C27H34F2N6O3/c1-7-22(36)30-19-14-35(15(2)13-34(3)4)33-27(19)26-17-10-8-9-16(11-18(17)31-32-26)23-24(28)20(37-5)12-21(38-6)25(23)29/h7,12,14-16H,1,8-11,13H2,2-6H3,(H,30,36)(H,31,32)/t15?,16-/m1/s1. The molecule has 1 aliphatic carbocycles. The van der Waals surface area contributed by atoms with E-state index < -0.39 is 17.6 Å². The zero-order chi connectivity index (χ0) is 27.6. The van der Waals surface area contributed by atoms with Gasteiger partial charge in [-0.2, -0.15) is 10.2 Å². The zero-order valence-electron chi connectivity index (χ0n) is 22.4. The summed E-state index contributed by atoms with van der Waals surface area (Å²) in [5, 5.41) is 15.3. The molecule has 0 aliphatic heterocycles. The van der Waals surface area contributed by atoms with Crippen LogP contribution in [-0.2, 0) is 17.6 Å². The van der Waals surface area contributed by atoms with E-state index in [1.165, 1.54) is 26.4 Å². The van der Waals surface area contributed by atoms with Gasteiger partial charge < -0.3 is 19.7 Å². The van der Waals surface area contributed by atoms with Crippen molar-refractivity contribution in [3.05, 3.63) is 53.4 Å². The van der Waals surface area contributed by atoms with Crippen LogP contribution in [0.1, 0.15) is 48.5 Å². The number of ether oxygens (including phenoxy) is 2. The van der Waals surface area contributed by atoms with E-state index in [1.54, 1.807) is 6.20 Å². The lowest BCUT2D eigenvalue weighted by Crippen LogP contribution is -2.22. The molecule has 0 saturated carbocycles. The van der Waals surface area contributed by atoms with Gasteiger partial charge in [0.05, 0.1) is 25.9 Å². The van der Waals surface area contributed by atoms with Crippen LogP contribution in [-0.4, -0.2) is 65.6 Å². The van der Waals surface area contributed by atoms with E-state index in [9.17, 15) is 4.79 Å². The van der Waals surface area contributed by atoms with Gasteiger partial charge in [-0.05, 0) is 58.7 Å². The van der Waals surface area contributed by atoms with Crippen molar-refractivity contribution in [1.82, 2.24) is 24.9 Å². The highest BCUT2D eigenvalue weighted by Gasteiger charge is 2.31. The molecular formula is C27H34F2N6O3. The van der Waals surface area contributed by atoms with Gasteiger partial charge in [-0.25, -0.2) is 8.78 Å². The van der Waals surface area contributed by atoms with Gasteiger partial charge in [0, 0.05) is 35.6 Å². The molecule has 0 radical (unpaired) electrons. The molecule has 0 fully saturated rings. The largest absolute Gasteiger partial charge is 0.494 e. The summed E-state index contributed by atoms with van der Waals surface area (Å²) in [6.07, 6.45) is 5.20. The highest BCUT2D eigenvalue weighted by atomic mass is 19.1. The number of carbonyl (C=O) groups excluding carboxylic acids is 1. The topological polar surface area (TPSA) is 97.3 Å². The number of hydrogen-bond donors (Lipinski definition) is 2. The predicted octanol–water partition coefficient (Wildman–Crippen LogP) is 4.48. The lowest BCUT2D eigenvalue weighted by atomic mass is 9.90. The first-order valence-corrected chi connectivity index (χ1v) is 12.5. The molecule has 38 heavy (non-hydrogen) atoms. The normalized spacial score (nSPS) is 16.1. The maximum absolute atomic E-state index is 15.3. The molecule has 2 heterocycles. The van der Waals surface area contributed by atoms with Crippen molar-refractivity contribution in [1.29, 1.82) is 0 Å². The predicted molar refractivity (Wildman–Crippen MR) is 141 cm³/mol. The van der Waals surface area contributed by atoms with Gasteiger partial charge >= 0.3 is 0 Å². The van der Waals surface area contributed by atoms with Gasteiger partial charge in [0.1, 0.15) is 11.4 Å². The van der Waals surface area contributed by atoms with Gasteiger partial charge in [0.2, 0.25) is 5.91 Å². The summed E-state index contributed by atoms with van der Waals surface area (Å²) in [7, 11) is 6.64. The van der Waals surface area contributed by atoms with Gasteiger partial charge in [-0.3, -0.25) is 14.6 Å². The van der Waals surface area contributed by atoms with Crippen LogP contribution < -0.4 is 14.8 Å². The third-order valence-electron chi connectivity index (χ3n) is 6.88. The number of amides is 1. The molecular weight excluding hydrogens is 494 g/mol. The molecule has 4 rings (SSSR count). The number of fused-ring (bicyclic) bond motifs is 1. The monoisotopic (exact) mass is 528 g/mol. The Morgan fingerprint density at radius 2 is 1.97 bits per heavy atom. The first kappa shape index (κ1) is 27.3. The smallest absolute Gasteiger partial charge is 0.247 e. The van der Waals surface area contributed by atoms with E-state index in [4.69, 9.17) is 14.6 Å².